The number of aromatic carboxylic acids is 1. The molecule has 0 amide bonds. The van der Waals surface area contributed by atoms with E-state index in [0.717, 1.165) is 38.8 Å². The van der Waals surface area contributed by atoms with Crippen molar-refractivity contribution in [2.75, 3.05) is 19.6 Å². The summed E-state index contributed by atoms with van der Waals surface area (Å²) in [5, 5.41) is 9.29. The number of rotatable bonds is 8. The standard InChI is InChI=1S/C19H27NO4/c1-2-8-16(13-15-9-4-5-10-17(15)19(22)23)24-18(21)14-20-11-6-3-7-12-20/h4-5,9-10,16H,2-3,6-8,11-14H2,1H3,(H,22,23). The average Bonchev–Trinajstić information content (AvgIpc) is 2.56. The summed E-state index contributed by atoms with van der Waals surface area (Å²) in [6.07, 6.45) is 5.30. The molecule has 1 aromatic carbocycles. The molecule has 0 bridgehead atoms. The highest BCUT2D eigenvalue weighted by Gasteiger charge is 2.20. The predicted molar refractivity (Wildman–Crippen MR) is 92.2 cm³/mol. The second-order valence-electron chi connectivity index (χ2n) is 6.40. The van der Waals surface area contributed by atoms with E-state index in [0.29, 0.717) is 18.5 Å². The fourth-order valence-electron chi connectivity index (χ4n) is 3.20. The molecule has 1 aromatic rings. The molecule has 1 heterocycles. The summed E-state index contributed by atoms with van der Waals surface area (Å²) in [5.74, 6) is -1.15. The van der Waals surface area contributed by atoms with E-state index in [-0.39, 0.29) is 17.6 Å². The van der Waals surface area contributed by atoms with Crippen molar-refractivity contribution in [3.05, 3.63) is 35.4 Å². The second-order valence-corrected chi connectivity index (χ2v) is 6.40. The maximum atomic E-state index is 12.2. The van der Waals surface area contributed by atoms with Crippen LogP contribution in [-0.2, 0) is 16.0 Å². The van der Waals surface area contributed by atoms with Crippen molar-refractivity contribution in [3.8, 4) is 0 Å². The largest absolute Gasteiger partial charge is 0.478 e. The molecule has 1 unspecified atom stereocenters. The van der Waals surface area contributed by atoms with E-state index in [9.17, 15) is 14.7 Å². The first kappa shape index (κ1) is 18.5. The monoisotopic (exact) mass is 333 g/mol. The average molecular weight is 333 g/mol. The molecule has 132 valence electrons. The Labute approximate surface area is 143 Å². The molecule has 0 radical (unpaired) electrons. The lowest BCUT2D eigenvalue weighted by atomic mass is 9.99. The number of likely N-dealkylation sites (tertiary alicyclic amines) is 1. The quantitative estimate of drug-likeness (QED) is 0.740. The number of piperidine rings is 1. The summed E-state index contributed by atoms with van der Waals surface area (Å²) >= 11 is 0. The summed E-state index contributed by atoms with van der Waals surface area (Å²) in [7, 11) is 0. The van der Waals surface area contributed by atoms with E-state index in [1.165, 1.54) is 6.42 Å². The first-order valence-electron chi connectivity index (χ1n) is 8.83. The molecule has 1 aliphatic rings. The lowest BCUT2D eigenvalue weighted by molar-refractivity contribution is -0.150. The molecule has 1 atom stereocenters. The van der Waals surface area contributed by atoms with Crippen molar-refractivity contribution in [1.29, 1.82) is 0 Å². The van der Waals surface area contributed by atoms with Gasteiger partial charge in [-0.1, -0.05) is 38.0 Å². The number of carbonyl (C=O) groups is 2. The maximum absolute atomic E-state index is 12.2. The van der Waals surface area contributed by atoms with Crippen LogP contribution in [0.15, 0.2) is 24.3 Å². The zero-order valence-electron chi connectivity index (χ0n) is 14.4. The molecule has 2 rings (SSSR count). The first-order valence-corrected chi connectivity index (χ1v) is 8.83. The third-order valence-electron chi connectivity index (χ3n) is 4.41. The third-order valence-corrected chi connectivity index (χ3v) is 4.41. The Hall–Kier alpha value is -1.88. The van der Waals surface area contributed by atoms with Crippen LogP contribution in [-0.4, -0.2) is 47.7 Å². The first-order chi connectivity index (χ1) is 11.6. The normalized spacial score (nSPS) is 16.5. The summed E-state index contributed by atoms with van der Waals surface area (Å²) in [6.45, 7) is 4.28. The molecule has 1 fully saturated rings. The molecular weight excluding hydrogens is 306 g/mol. The molecule has 1 aliphatic heterocycles. The van der Waals surface area contributed by atoms with Gasteiger partial charge in [-0.3, -0.25) is 9.69 Å². The van der Waals surface area contributed by atoms with E-state index in [4.69, 9.17) is 4.74 Å². The van der Waals surface area contributed by atoms with Crippen LogP contribution < -0.4 is 0 Å². The molecule has 0 aromatic heterocycles. The fourth-order valence-corrected chi connectivity index (χ4v) is 3.20. The topological polar surface area (TPSA) is 66.8 Å². The molecule has 0 saturated carbocycles. The van der Waals surface area contributed by atoms with Crippen LogP contribution in [0.2, 0.25) is 0 Å². The lowest BCUT2D eigenvalue weighted by Gasteiger charge is -2.26. The highest BCUT2D eigenvalue weighted by atomic mass is 16.5. The SMILES string of the molecule is CCCC(Cc1ccccc1C(=O)O)OC(=O)CN1CCCCC1. The summed E-state index contributed by atoms with van der Waals surface area (Å²) in [6, 6.07) is 6.92. The van der Waals surface area contributed by atoms with E-state index < -0.39 is 5.97 Å². The Kier molecular flexibility index (Phi) is 7.25. The number of ether oxygens (including phenoxy) is 1. The van der Waals surface area contributed by atoms with E-state index in [1.54, 1.807) is 18.2 Å². The van der Waals surface area contributed by atoms with Gasteiger partial charge < -0.3 is 9.84 Å². The number of hydrogen-bond acceptors (Lipinski definition) is 4. The minimum atomic E-state index is -0.944. The van der Waals surface area contributed by atoms with Gasteiger partial charge in [-0.05, 0) is 44.0 Å². The van der Waals surface area contributed by atoms with Gasteiger partial charge in [0.2, 0.25) is 0 Å². The minimum Gasteiger partial charge on any atom is -0.478 e. The van der Waals surface area contributed by atoms with Gasteiger partial charge in [0.25, 0.3) is 0 Å². The second kappa shape index (κ2) is 9.42. The zero-order chi connectivity index (χ0) is 17.4. The Morgan fingerprint density at radius 2 is 1.92 bits per heavy atom. The van der Waals surface area contributed by atoms with Crippen LogP contribution in [0.4, 0.5) is 0 Å². The zero-order valence-corrected chi connectivity index (χ0v) is 14.4. The van der Waals surface area contributed by atoms with Gasteiger partial charge >= 0.3 is 11.9 Å². The van der Waals surface area contributed by atoms with Crippen LogP contribution in [0.5, 0.6) is 0 Å². The predicted octanol–water partition coefficient (Wildman–Crippen LogP) is 3.13. The van der Waals surface area contributed by atoms with Gasteiger partial charge in [-0.25, -0.2) is 4.79 Å². The van der Waals surface area contributed by atoms with E-state index >= 15 is 0 Å². The molecule has 24 heavy (non-hydrogen) atoms. The molecule has 1 saturated heterocycles. The summed E-state index contributed by atoms with van der Waals surface area (Å²) in [4.78, 5) is 25.7. The molecule has 5 heteroatoms. The number of hydrogen-bond donors (Lipinski definition) is 1. The van der Waals surface area contributed by atoms with E-state index in [2.05, 4.69) is 4.90 Å². The highest BCUT2D eigenvalue weighted by molar-refractivity contribution is 5.89. The van der Waals surface area contributed by atoms with Gasteiger partial charge in [-0.15, -0.1) is 0 Å². The molecule has 1 N–H and O–H groups in total. The van der Waals surface area contributed by atoms with Gasteiger partial charge in [0.05, 0.1) is 12.1 Å². The van der Waals surface area contributed by atoms with Gasteiger partial charge in [-0.2, -0.15) is 0 Å². The summed E-state index contributed by atoms with van der Waals surface area (Å²) in [5.41, 5.74) is 1.000. The summed E-state index contributed by atoms with van der Waals surface area (Å²) < 4.78 is 5.66. The lowest BCUT2D eigenvalue weighted by Crippen LogP contribution is -2.36. The molecule has 5 nitrogen and oxygen atoms in total. The number of carbonyl (C=O) groups excluding carboxylic acids is 1. The van der Waals surface area contributed by atoms with Gasteiger partial charge in [0.1, 0.15) is 6.10 Å². The molecule has 0 aliphatic carbocycles. The molecule has 0 spiro atoms. The van der Waals surface area contributed by atoms with Gasteiger partial charge in [0, 0.05) is 6.42 Å². The highest BCUT2D eigenvalue weighted by Crippen LogP contribution is 2.16. The van der Waals surface area contributed by atoms with Crippen molar-refractivity contribution < 1.29 is 19.4 Å². The number of benzene rings is 1. The van der Waals surface area contributed by atoms with Crippen molar-refractivity contribution in [1.82, 2.24) is 4.90 Å². The number of carboxylic acids is 1. The minimum absolute atomic E-state index is 0.205. The van der Waals surface area contributed by atoms with Crippen LogP contribution in [0, 0.1) is 0 Å². The van der Waals surface area contributed by atoms with Crippen LogP contribution in [0.25, 0.3) is 0 Å². The van der Waals surface area contributed by atoms with Crippen molar-refractivity contribution >= 4 is 11.9 Å². The number of carboxylic acid groups (broad SMARTS) is 1. The van der Waals surface area contributed by atoms with Gasteiger partial charge in [0.15, 0.2) is 0 Å². The Bertz CT molecular complexity index is 552. The molecular formula is C19H27NO4. The van der Waals surface area contributed by atoms with E-state index in [1.807, 2.05) is 13.0 Å². The number of esters is 1. The fraction of sp³-hybridized carbons (Fsp3) is 0.579. The third kappa shape index (κ3) is 5.64. The maximum Gasteiger partial charge on any atom is 0.335 e. The van der Waals surface area contributed by atoms with Crippen molar-refractivity contribution in [2.45, 2.75) is 51.6 Å². The van der Waals surface area contributed by atoms with Crippen LogP contribution in [0.3, 0.4) is 0 Å². The Balaban J connectivity index is 1.96. The Morgan fingerprint density at radius 1 is 1.21 bits per heavy atom. The van der Waals surface area contributed by atoms with Crippen LogP contribution in [0.1, 0.15) is 54.9 Å². The Morgan fingerprint density at radius 3 is 2.58 bits per heavy atom. The van der Waals surface area contributed by atoms with Crippen molar-refractivity contribution in [2.24, 2.45) is 0 Å². The van der Waals surface area contributed by atoms with Crippen LogP contribution >= 0.6 is 0 Å². The number of nitrogens with zero attached hydrogens (tertiary/aromatic N) is 1. The smallest absolute Gasteiger partial charge is 0.335 e. The van der Waals surface area contributed by atoms with Crippen molar-refractivity contribution in [3.63, 3.8) is 0 Å².